The Labute approximate surface area is 132 Å². The smallest absolute Gasteiger partial charge is 0.267 e. The van der Waals surface area contributed by atoms with Crippen LogP contribution in [0.5, 0.6) is 5.75 Å². The molecule has 0 aromatic heterocycles. The van der Waals surface area contributed by atoms with Crippen LogP contribution in [0, 0.1) is 0 Å². The zero-order chi connectivity index (χ0) is 14.8. The van der Waals surface area contributed by atoms with E-state index in [4.69, 9.17) is 4.74 Å². The fourth-order valence-electron chi connectivity index (χ4n) is 2.55. The number of anilines is 1. The lowest BCUT2D eigenvalue weighted by molar-refractivity contribution is -0.124. The van der Waals surface area contributed by atoms with E-state index in [-0.39, 0.29) is 5.91 Å². The van der Waals surface area contributed by atoms with Gasteiger partial charge in [0.2, 0.25) is 0 Å². The molecule has 21 heavy (non-hydrogen) atoms. The summed E-state index contributed by atoms with van der Waals surface area (Å²) in [7, 11) is 0. The van der Waals surface area contributed by atoms with Gasteiger partial charge in [-0.05, 0) is 49.2 Å². The van der Waals surface area contributed by atoms with E-state index < -0.39 is 6.10 Å². The van der Waals surface area contributed by atoms with Crippen molar-refractivity contribution in [1.29, 1.82) is 0 Å². The Morgan fingerprint density at radius 1 is 1.19 bits per heavy atom. The first-order valence-corrected chi connectivity index (χ1v) is 7.76. The number of carbonyl (C=O) groups excluding carboxylic acids is 1. The molecular formula is C17H16BrNO2. The molecule has 108 valence electrons. The Morgan fingerprint density at radius 3 is 2.67 bits per heavy atom. The number of halogens is 1. The van der Waals surface area contributed by atoms with Crippen LogP contribution in [0.25, 0.3) is 0 Å². The lowest BCUT2D eigenvalue weighted by Crippen LogP contribution is -2.39. The summed E-state index contributed by atoms with van der Waals surface area (Å²) in [5.41, 5.74) is 2.23. The van der Waals surface area contributed by atoms with Gasteiger partial charge in [-0.2, -0.15) is 0 Å². The van der Waals surface area contributed by atoms with Crippen LogP contribution < -0.4 is 9.64 Å². The van der Waals surface area contributed by atoms with Crippen molar-refractivity contribution in [2.24, 2.45) is 0 Å². The molecule has 1 amide bonds. The van der Waals surface area contributed by atoms with E-state index in [1.807, 2.05) is 47.4 Å². The van der Waals surface area contributed by atoms with Crippen molar-refractivity contribution in [2.75, 3.05) is 11.4 Å². The van der Waals surface area contributed by atoms with Gasteiger partial charge < -0.3 is 9.64 Å². The molecule has 1 heterocycles. The minimum Gasteiger partial charge on any atom is -0.481 e. The molecule has 0 unspecified atom stereocenters. The third kappa shape index (κ3) is 2.95. The van der Waals surface area contributed by atoms with Crippen molar-refractivity contribution in [2.45, 2.75) is 19.4 Å². The highest BCUT2D eigenvalue weighted by Gasteiger charge is 2.28. The number of fused-ring (bicyclic) bond motifs is 1. The second kappa shape index (κ2) is 5.90. The average molecular weight is 346 g/mol. The van der Waals surface area contributed by atoms with Crippen LogP contribution in [0.3, 0.4) is 0 Å². The summed E-state index contributed by atoms with van der Waals surface area (Å²) in [6.07, 6.45) is 0.407. The van der Waals surface area contributed by atoms with Crippen molar-refractivity contribution in [1.82, 2.24) is 0 Å². The molecule has 0 spiro atoms. The number of rotatable bonds is 3. The summed E-state index contributed by atoms with van der Waals surface area (Å²) in [5, 5.41) is 0. The first-order valence-electron chi connectivity index (χ1n) is 6.96. The predicted octanol–water partition coefficient (Wildman–Crippen LogP) is 3.81. The van der Waals surface area contributed by atoms with Crippen LogP contribution in [0.2, 0.25) is 0 Å². The van der Waals surface area contributed by atoms with E-state index in [9.17, 15) is 4.79 Å². The quantitative estimate of drug-likeness (QED) is 0.846. The van der Waals surface area contributed by atoms with Crippen LogP contribution in [0.1, 0.15) is 12.5 Å². The molecular weight excluding hydrogens is 330 g/mol. The number of benzene rings is 2. The monoisotopic (exact) mass is 345 g/mol. The van der Waals surface area contributed by atoms with Gasteiger partial charge in [-0.1, -0.05) is 34.1 Å². The normalized spacial score (nSPS) is 14.7. The Bertz CT molecular complexity index is 654. The van der Waals surface area contributed by atoms with Gasteiger partial charge in [0.15, 0.2) is 6.10 Å². The number of para-hydroxylation sites is 1. The summed E-state index contributed by atoms with van der Waals surface area (Å²) in [6, 6.07) is 15.5. The maximum Gasteiger partial charge on any atom is 0.267 e. The molecule has 1 aliphatic rings. The number of nitrogens with zero attached hydrogens (tertiary/aromatic N) is 1. The van der Waals surface area contributed by atoms with Gasteiger partial charge >= 0.3 is 0 Å². The fraction of sp³-hybridized carbons (Fsp3) is 0.235. The maximum atomic E-state index is 12.6. The molecule has 1 aliphatic heterocycles. The largest absolute Gasteiger partial charge is 0.481 e. The summed E-state index contributed by atoms with van der Waals surface area (Å²) in [5.74, 6) is 0.703. The van der Waals surface area contributed by atoms with E-state index >= 15 is 0 Å². The van der Waals surface area contributed by atoms with Crippen LogP contribution >= 0.6 is 15.9 Å². The summed E-state index contributed by atoms with van der Waals surface area (Å²) in [6.45, 7) is 2.53. The van der Waals surface area contributed by atoms with E-state index in [0.29, 0.717) is 5.75 Å². The van der Waals surface area contributed by atoms with Crippen molar-refractivity contribution in [3.8, 4) is 5.75 Å². The maximum absolute atomic E-state index is 12.6. The number of hydrogen-bond acceptors (Lipinski definition) is 2. The molecule has 3 nitrogen and oxygen atoms in total. The van der Waals surface area contributed by atoms with Gasteiger partial charge in [0.1, 0.15) is 5.75 Å². The average Bonchev–Trinajstić information content (AvgIpc) is 2.92. The van der Waals surface area contributed by atoms with E-state index in [0.717, 1.165) is 23.1 Å². The molecule has 0 fully saturated rings. The molecule has 0 aliphatic carbocycles. The van der Waals surface area contributed by atoms with Gasteiger partial charge in [-0.15, -0.1) is 0 Å². The van der Waals surface area contributed by atoms with E-state index in [1.165, 1.54) is 5.56 Å². The fourth-order valence-corrected chi connectivity index (χ4v) is 2.82. The standard InChI is InChI=1S/C17H16BrNO2/c1-12(21-15-8-6-14(18)7-9-15)17(20)19-11-10-13-4-2-3-5-16(13)19/h2-9,12H,10-11H2,1H3/t12-/m1/s1. The molecule has 0 N–H and O–H groups in total. The summed E-state index contributed by atoms with van der Waals surface area (Å²) >= 11 is 3.38. The van der Waals surface area contributed by atoms with Crippen molar-refractivity contribution < 1.29 is 9.53 Å². The van der Waals surface area contributed by atoms with Crippen molar-refractivity contribution >= 4 is 27.5 Å². The van der Waals surface area contributed by atoms with Crippen LogP contribution in [-0.4, -0.2) is 18.6 Å². The second-order valence-electron chi connectivity index (χ2n) is 5.08. The number of hydrogen-bond donors (Lipinski definition) is 0. The zero-order valence-corrected chi connectivity index (χ0v) is 13.3. The van der Waals surface area contributed by atoms with Gasteiger partial charge in [0, 0.05) is 16.7 Å². The SMILES string of the molecule is C[C@@H](Oc1ccc(Br)cc1)C(=O)N1CCc2ccccc21. The van der Waals surface area contributed by atoms with E-state index in [1.54, 1.807) is 6.92 Å². The Balaban J connectivity index is 1.72. The highest BCUT2D eigenvalue weighted by molar-refractivity contribution is 9.10. The summed E-state index contributed by atoms with van der Waals surface area (Å²) < 4.78 is 6.73. The van der Waals surface area contributed by atoms with Crippen LogP contribution in [0.15, 0.2) is 53.0 Å². The number of ether oxygens (including phenoxy) is 1. The van der Waals surface area contributed by atoms with E-state index in [2.05, 4.69) is 22.0 Å². The lowest BCUT2D eigenvalue weighted by Gasteiger charge is -2.22. The third-order valence-corrected chi connectivity index (χ3v) is 4.16. The topological polar surface area (TPSA) is 29.5 Å². The minimum absolute atomic E-state index is 0.00266. The first-order chi connectivity index (χ1) is 10.1. The third-order valence-electron chi connectivity index (χ3n) is 3.63. The van der Waals surface area contributed by atoms with Gasteiger partial charge in [-0.25, -0.2) is 0 Å². The predicted molar refractivity (Wildman–Crippen MR) is 86.7 cm³/mol. The number of amides is 1. The highest BCUT2D eigenvalue weighted by Crippen LogP contribution is 2.28. The Morgan fingerprint density at radius 2 is 1.90 bits per heavy atom. The molecule has 2 aromatic rings. The van der Waals surface area contributed by atoms with Crippen LogP contribution in [-0.2, 0) is 11.2 Å². The highest BCUT2D eigenvalue weighted by atomic mass is 79.9. The molecule has 0 saturated carbocycles. The molecule has 0 saturated heterocycles. The zero-order valence-electron chi connectivity index (χ0n) is 11.8. The second-order valence-corrected chi connectivity index (χ2v) is 6.00. The van der Waals surface area contributed by atoms with Crippen molar-refractivity contribution in [3.63, 3.8) is 0 Å². The summed E-state index contributed by atoms with van der Waals surface area (Å²) in [4.78, 5) is 14.4. The molecule has 2 aromatic carbocycles. The molecule has 0 bridgehead atoms. The minimum atomic E-state index is -0.502. The van der Waals surface area contributed by atoms with Crippen LogP contribution in [0.4, 0.5) is 5.69 Å². The Hall–Kier alpha value is -1.81. The molecule has 1 atom stereocenters. The Kier molecular flexibility index (Phi) is 3.97. The van der Waals surface area contributed by atoms with Gasteiger partial charge in [0.25, 0.3) is 5.91 Å². The molecule has 4 heteroatoms. The lowest BCUT2D eigenvalue weighted by atomic mass is 10.2. The van der Waals surface area contributed by atoms with Gasteiger partial charge in [0.05, 0.1) is 0 Å². The first kappa shape index (κ1) is 14.1. The number of carbonyl (C=O) groups is 1. The molecule has 3 rings (SSSR count). The van der Waals surface area contributed by atoms with Gasteiger partial charge in [-0.3, -0.25) is 4.79 Å². The molecule has 0 radical (unpaired) electrons. The van der Waals surface area contributed by atoms with Crippen molar-refractivity contribution in [3.05, 3.63) is 58.6 Å².